The van der Waals surface area contributed by atoms with Crippen LogP contribution in [0.25, 0.3) is 11.4 Å². The molecule has 2 aromatic rings. The van der Waals surface area contributed by atoms with Crippen LogP contribution >= 0.6 is 0 Å². The van der Waals surface area contributed by atoms with Gasteiger partial charge in [0.25, 0.3) is 0 Å². The molecule has 0 N–H and O–H groups in total. The summed E-state index contributed by atoms with van der Waals surface area (Å²) in [7, 11) is 0. The van der Waals surface area contributed by atoms with Crippen molar-refractivity contribution in [3.8, 4) is 11.4 Å². The smallest absolute Gasteiger partial charge is 0.424 e. The highest BCUT2D eigenvalue weighted by atomic mass is 16.6. The van der Waals surface area contributed by atoms with Gasteiger partial charge in [0, 0.05) is 24.2 Å². The number of carbonyl (C=O) groups excluding carboxylic acids is 2. The van der Waals surface area contributed by atoms with E-state index >= 15 is 0 Å². The van der Waals surface area contributed by atoms with Crippen LogP contribution in [0.1, 0.15) is 41.5 Å². The van der Waals surface area contributed by atoms with Crippen LogP contribution in [0.3, 0.4) is 0 Å². The van der Waals surface area contributed by atoms with Gasteiger partial charge in [-0.05, 0) is 53.7 Å². The third kappa shape index (κ3) is 6.02. The summed E-state index contributed by atoms with van der Waals surface area (Å²) in [6.45, 7) is 10.3. The molecule has 2 amide bonds. The summed E-state index contributed by atoms with van der Waals surface area (Å²) in [5.41, 5.74) is -0.829. The van der Waals surface area contributed by atoms with Crippen LogP contribution in [0.15, 0.2) is 36.9 Å². The molecule has 0 aliphatic carbocycles. The van der Waals surface area contributed by atoms with Crippen molar-refractivity contribution in [1.29, 1.82) is 0 Å². The van der Waals surface area contributed by atoms with E-state index in [4.69, 9.17) is 9.47 Å². The van der Waals surface area contributed by atoms with E-state index in [1.807, 2.05) is 0 Å². The number of hydrogen-bond acceptors (Lipinski definition) is 7. The third-order valence-electron chi connectivity index (χ3n) is 2.96. The molecule has 144 valence electrons. The van der Waals surface area contributed by atoms with Crippen LogP contribution in [0.4, 0.5) is 15.3 Å². The largest absolute Gasteiger partial charge is 0.443 e. The average molecular weight is 372 g/mol. The van der Waals surface area contributed by atoms with Crippen LogP contribution in [-0.4, -0.2) is 38.3 Å². The van der Waals surface area contributed by atoms with E-state index in [1.165, 1.54) is 6.20 Å². The van der Waals surface area contributed by atoms with Crippen molar-refractivity contribution in [2.45, 2.75) is 52.7 Å². The first-order valence-corrected chi connectivity index (χ1v) is 8.45. The van der Waals surface area contributed by atoms with Gasteiger partial charge in [-0.2, -0.15) is 4.90 Å². The number of anilines is 1. The molecule has 0 aliphatic heterocycles. The topological polar surface area (TPSA) is 94.5 Å². The molecule has 0 aromatic carbocycles. The quantitative estimate of drug-likeness (QED) is 0.779. The summed E-state index contributed by atoms with van der Waals surface area (Å²) in [6, 6.07) is 3.27. The second-order valence-corrected chi connectivity index (χ2v) is 7.80. The second kappa shape index (κ2) is 7.69. The third-order valence-corrected chi connectivity index (χ3v) is 2.96. The first-order valence-electron chi connectivity index (χ1n) is 8.45. The van der Waals surface area contributed by atoms with Crippen molar-refractivity contribution in [2.75, 3.05) is 4.90 Å². The molecule has 0 saturated heterocycles. The van der Waals surface area contributed by atoms with E-state index in [2.05, 4.69) is 15.0 Å². The SMILES string of the molecule is CC(C)(C)OC(=O)N(C(=O)OC(C)(C)C)c1cncc(-c2ncccn2)c1. The Labute approximate surface area is 158 Å². The Bertz CT molecular complexity index is 782. The number of aromatic nitrogens is 3. The first-order chi connectivity index (χ1) is 12.5. The molecule has 0 spiro atoms. The predicted octanol–water partition coefficient (Wildman–Crippen LogP) is 4.22. The minimum Gasteiger partial charge on any atom is -0.443 e. The Hall–Kier alpha value is -3.03. The van der Waals surface area contributed by atoms with E-state index < -0.39 is 23.4 Å². The van der Waals surface area contributed by atoms with Gasteiger partial charge in [-0.25, -0.2) is 19.6 Å². The molecule has 0 saturated carbocycles. The first kappa shape index (κ1) is 20.3. The standard InChI is InChI=1S/C19H24N4O4/c1-18(2,3)26-16(24)23(17(25)27-19(4,5)6)14-10-13(11-20-12-14)15-21-8-7-9-22-15/h7-12H,1-6H3. The molecule has 0 bridgehead atoms. The van der Waals surface area contributed by atoms with Crippen molar-refractivity contribution in [1.82, 2.24) is 15.0 Å². The summed E-state index contributed by atoms with van der Waals surface area (Å²) in [5.74, 6) is 0.417. The molecule has 2 aromatic heterocycles. The van der Waals surface area contributed by atoms with Crippen LogP contribution in [0, 0.1) is 0 Å². The fraction of sp³-hybridized carbons (Fsp3) is 0.421. The number of imide groups is 1. The summed E-state index contributed by atoms with van der Waals surface area (Å²) < 4.78 is 10.7. The maximum absolute atomic E-state index is 12.7. The lowest BCUT2D eigenvalue weighted by atomic mass is 10.2. The number of nitrogens with zero attached hydrogens (tertiary/aromatic N) is 4. The van der Waals surface area contributed by atoms with Gasteiger partial charge in [-0.3, -0.25) is 4.98 Å². The Balaban J connectivity index is 2.44. The summed E-state index contributed by atoms with van der Waals surface area (Å²) in [4.78, 5) is 38.6. The Morgan fingerprint density at radius 2 is 1.41 bits per heavy atom. The molecule has 0 aliphatic rings. The Morgan fingerprint density at radius 1 is 0.889 bits per heavy atom. The monoisotopic (exact) mass is 372 g/mol. The minimum atomic E-state index is -0.857. The van der Waals surface area contributed by atoms with Crippen molar-refractivity contribution >= 4 is 17.9 Å². The van der Waals surface area contributed by atoms with E-state index in [9.17, 15) is 9.59 Å². The number of hydrogen-bond donors (Lipinski definition) is 0. The molecule has 0 fully saturated rings. The second-order valence-electron chi connectivity index (χ2n) is 7.80. The van der Waals surface area contributed by atoms with Crippen LogP contribution < -0.4 is 4.90 Å². The lowest BCUT2D eigenvalue weighted by Crippen LogP contribution is -2.43. The minimum absolute atomic E-state index is 0.198. The number of ether oxygens (including phenoxy) is 2. The van der Waals surface area contributed by atoms with Gasteiger partial charge in [0.15, 0.2) is 5.82 Å². The van der Waals surface area contributed by atoms with Crippen molar-refractivity contribution in [2.24, 2.45) is 0 Å². The fourth-order valence-electron chi connectivity index (χ4n) is 2.02. The maximum atomic E-state index is 12.7. The van der Waals surface area contributed by atoms with Gasteiger partial charge in [0.2, 0.25) is 0 Å². The molecule has 0 unspecified atom stereocenters. The summed E-state index contributed by atoms with van der Waals surface area (Å²) in [6.07, 6.45) is 4.39. The molecule has 0 radical (unpaired) electrons. The van der Waals surface area contributed by atoms with Crippen LogP contribution in [0.2, 0.25) is 0 Å². The normalized spacial score (nSPS) is 11.6. The molecule has 27 heavy (non-hydrogen) atoms. The summed E-state index contributed by atoms with van der Waals surface area (Å²) in [5, 5.41) is 0. The summed E-state index contributed by atoms with van der Waals surface area (Å²) >= 11 is 0. The van der Waals surface area contributed by atoms with Gasteiger partial charge in [-0.15, -0.1) is 0 Å². The van der Waals surface area contributed by atoms with E-state index in [0.717, 1.165) is 4.90 Å². The van der Waals surface area contributed by atoms with E-state index in [0.29, 0.717) is 11.4 Å². The van der Waals surface area contributed by atoms with Crippen LogP contribution in [-0.2, 0) is 9.47 Å². The number of pyridine rings is 1. The highest BCUT2D eigenvalue weighted by Gasteiger charge is 2.33. The molecule has 0 atom stereocenters. The van der Waals surface area contributed by atoms with Gasteiger partial charge in [0.05, 0.1) is 11.9 Å². The van der Waals surface area contributed by atoms with Crippen LogP contribution in [0.5, 0.6) is 0 Å². The van der Waals surface area contributed by atoms with Crippen molar-refractivity contribution in [3.05, 3.63) is 36.9 Å². The molecule has 2 heterocycles. The predicted molar refractivity (Wildman–Crippen MR) is 100 cm³/mol. The Morgan fingerprint density at radius 3 is 1.89 bits per heavy atom. The number of rotatable bonds is 2. The molecular weight excluding hydrogens is 348 g/mol. The Kier molecular flexibility index (Phi) is 5.78. The zero-order valence-electron chi connectivity index (χ0n) is 16.4. The van der Waals surface area contributed by atoms with Gasteiger partial charge in [0.1, 0.15) is 11.2 Å². The average Bonchev–Trinajstić information content (AvgIpc) is 2.52. The van der Waals surface area contributed by atoms with E-state index in [1.54, 1.807) is 72.3 Å². The zero-order chi connectivity index (χ0) is 20.2. The van der Waals surface area contributed by atoms with Gasteiger partial charge < -0.3 is 9.47 Å². The van der Waals surface area contributed by atoms with Crippen molar-refractivity contribution in [3.63, 3.8) is 0 Å². The molecule has 8 nitrogen and oxygen atoms in total. The van der Waals surface area contributed by atoms with Crippen molar-refractivity contribution < 1.29 is 19.1 Å². The number of carbonyl (C=O) groups is 2. The molecule has 8 heteroatoms. The highest BCUT2D eigenvalue weighted by molar-refractivity contribution is 6.09. The lowest BCUT2D eigenvalue weighted by molar-refractivity contribution is 0.0430. The van der Waals surface area contributed by atoms with E-state index in [-0.39, 0.29) is 5.69 Å². The number of amides is 2. The molecule has 2 rings (SSSR count). The maximum Gasteiger partial charge on any atom is 0.424 e. The lowest BCUT2D eigenvalue weighted by Gasteiger charge is -2.28. The molecular formula is C19H24N4O4. The van der Waals surface area contributed by atoms with Gasteiger partial charge in [-0.1, -0.05) is 0 Å². The van der Waals surface area contributed by atoms with Gasteiger partial charge >= 0.3 is 12.2 Å². The fourth-order valence-corrected chi connectivity index (χ4v) is 2.02. The zero-order valence-corrected chi connectivity index (χ0v) is 16.4. The highest BCUT2D eigenvalue weighted by Crippen LogP contribution is 2.24.